The number of para-hydroxylation sites is 1. The summed E-state index contributed by atoms with van der Waals surface area (Å²) < 4.78 is 23.8. The van der Waals surface area contributed by atoms with E-state index < -0.39 is 10.0 Å². The summed E-state index contributed by atoms with van der Waals surface area (Å²) in [6.07, 6.45) is 0.829. The Bertz CT molecular complexity index is 713. The fourth-order valence-electron chi connectivity index (χ4n) is 1.75. The average Bonchev–Trinajstić information content (AvgIpc) is 2.76. The lowest BCUT2D eigenvalue weighted by molar-refractivity contribution is 0.598. The van der Waals surface area contributed by atoms with Crippen molar-refractivity contribution in [3.8, 4) is 0 Å². The van der Waals surface area contributed by atoms with Crippen molar-refractivity contribution in [2.24, 2.45) is 5.14 Å². The first-order chi connectivity index (χ1) is 9.38. The highest BCUT2D eigenvalue weighted by Gasteiger charge is 2.14. The van der Waals surface area contributed by atoms with Crippen LogP contribution in [-0.4, -0.2) is 15.0 Å². The maximum absolute atomic E-state index is 11.4. The van der Waals surface area contributed by atoms with Crippen LogP contribution in [0.1, 0.15) is 4.88 Å². The van der Waals surface area contributed by atoms with E-state index in [2.05, 4.69) is 21.2 Å². The number of nitrogens with one attached hydrogen (secondary N) is 1. The summed E-state index contributed by atoms with van der Waals surface area (Å²) in [7, 11) is -3.80. The van der Waals surface area contributed by atoms with Crippen molar-refractivity contribution in [1.29, 1.82) is 0 Å². The number of rotatable bonds is 5. The Morgan fingerprint density at radius 3 is 2.60 bits per heavy atom. The summed E-state index contributed by atoms with van der Waals surface area (Å²) in [5.74, 6) is 0. The van der Waals surface area contributed by atoms with Gasteiger partial charge < -0.3 is 11.1 Å². The summed E-state index contributed by atoms with van der Waals surface area (Å²) in [6, 6.07) is 8.78. The third kappa shape index (κ3) is 3.72. The number of hydrogen-bond acceptors (Lipinski definition) is 5. The van der Waals surface area contributed by atoms with Gasteiger partial charge in [-0.25, -0.2) is 13.6 Å². The Labute approximate surface area is 130 Å². The van der Waals surface area contributed by atoms with Gasteiger partial charge in [-0.2, -0.15) is 0 Å². The molecule has 0 bridgehead atoms. The van der Waals surface area contributed by atoms with Gasteiger partial charge in [0.25, 0.3) is 0 Å². The molecule has 0 saturated heterocycles. The molecule has 5 N–H and O–H groups in total. The molecule has 1 aromatic heterocycles. The molecule has 0 aliphatic rings. The molecule has 0 atom stereocenters. The van der Waals surface area contributed by atoms with Crippen LogP contribution in [0.25, 0.3) is 0 Å². The maximum atomic E-state index is 11.4. The minimum Gasteiger partial charge on any atom is -0.396 e. The molecule has 20 heavy (non-hydrogen) atoms. The quantitative estimate of drug-likeness (QED) is 0.698. The summed E-state index contributed by atoms with van der Waals surface area (Å²) in [6.45, 7) is 0.658. The van der Waals surface area contributed by atoms with Crippen LogP contribution in [0.4, 0.5) is 11.4 Å². The van der Waals surface area contributed by atoms with Gasteiger partial charge in [-0.3, -0.25) is 0 Å². The fraction of sp³-hybridized carbons (Fsp3) is 0.167. The van der Waals surface area contributed by atoms with Gasteiger partial charge in [0.2, 0.25) is 10.0 Å². The van der Waals surface area contributed by atoms with Gasteiger partial charge in [0, 0.05) is 11.4 Å². The highest BCUT2D eigenvalue weighted by molar-refractivity contribution is 9.11. The largest absolute Gasteiger partial charge is 0.396 e. The fourth-order valence-corrected chi connectivity index (χ4v) is 3.92. The van der Waals surface area contributed by atoms with Gasteiger partial charge in [0.05, 0.1) is 15.2 Å². The van der Waals surface area contributed by atoms with E-state index in [4.69, 9.17) is 10.9 Å². The van der Waals surface area contributed by atoms with Gasteiger partial charge in [-0.15, -0.1) is 11.3 Å². The molecule has 0 fully saturated rings. The molecular weight excluding hydrogens is 362 g/mol. The number of thiophene rings is 1. The Morgan fingerprint density at radius 1 is 1.25 bits per heavy atom. The van der Waals surface area contributed by atoms with Gasteiger partial charge in [-0.05, 0) is 46.6 Å². The lowest BCUT2D eigenvalue weighted by atomic mass is 10.2. The molecule has 0 aliphatic heterocycles. The Balaban J connectivity index is 2.07. The zero-order valence-electron chi connectivity index (χ0n) is 10.5. The predicted octanol–water partition coefficient (Wildman–Crippen LogP) is 2.39. The van der Waals surface area contributed by atoms with Crippen LogP contribution >= 0.6 is 27.3 Å². The molecule has 0 aliphatic carbocycles. The van der Waals surface area contributed by atoms with Crippen molar-refractivity contribution in [2.75, 3.05) is 17.6 Å². The van der Waals surface area contributed by atoms with Crippen molar-refractivity contribution >= 4 is 48.7 Å². The Kier molecular flexibility index (Phi) is 4.69. The zero-order chi connectivity index (χ0) is 14.8. The first-order valence-electron chi connectivity index (χ1n) is 5.77. The number of benzene rings is 1. The number of hydrogen-bond donors (Lipinski definition) is 3. The van der Waals surface area contributed by atoms with Gasteiger partial charge in [0.15, 0.2) is 0 Å². The standard InChI is InChI=1S/C12H14BrN3O2S2/c13-11-5-4-8(19-11)6-7-16-9-2-1-3-10(12(9)14)20(15,17)18/h1-5,16H,6-7,14H2,(H2,15,17,18). The number of sulfonamides is 1. The van der Waals surface area contributed by atoms with Gasteiger partial charge >= 0.3 is 0 Å². The van der Waals surface area contributed by atoms with Crippen LogP contribution in [0.2, 0.25) is 0 Å². The minimum atomic E-state index is -3.80. The van der Waals surface area contributed by atoms with E-state index in [0.717, 1.165) is 10.2 Å². The smallest absolute Gasteiger partial charge is 0.240 e. The predicted molar refractivity (Wildman–Crippen MR) is 86.4 cm³/mol. The van der Waals surface area contributed by atoms with Gasteiger partial charge in [0.1, 0.15) is 4.90 Å². The van der Waals surface area contributed by atoms with Crippen LogP contribution < -0.4 is 16.2 Å². The number of nitrogens with two attached hydrogens (primary N) is 2. The molecule has 108 valence electrons. The monoisotopic (exact) mass is 375 g/mol. The Hall–Kier alpha value is -1.09. The molecule has 0 saturated carbocycles. The van der Waals surface area contributed by atoms with Crippen LogP contribution in [0.5, 0.6) is 0 Å². The van der Waals surface area contributed by atoms with Crippen molar-refractivity contribution < 1.29 is 8.42 Å². The van der Waals surface area contributed by atoms with Crippen LogP contribution in [0.3, 0.4) is 0 Å². The van der Waals surface area contributed by atoms with E-state index in [1.165, 1.54) is 10.9 Å². The third-order valence-electron chi connectivity index (χ3n) is 2.69. The van der Waals surface area contributed by atoms with Crippen molar-refractivity contribution in [3.05, 3.63) is 39.0 Å². The number of primary sulfonamides is 1. The third-order valence-corrected chi connectivity index (χ3v) is 5.34. The SMILES string of the molecule is Nc1c(NCCc2ccc(Br)s2)cccc1S(N)(=O)=O. The molecule has 8 heteroatoms. The molecule has 5 nitrogen and oxygen atoms in total. The van der Waals surface area contributed by atoms with E-state index in [0.29, 0.717) is 12.2 Å². The highest BCUT2D eigenvalue weighted by atomic mass is 79.9. The average molecular weight is 376 g/mol. The molecule has 1 aromatic carbocycles. The molecule has 0 unspecified atom stereocenters. The number of halogens is 1. The first-order valence-corrected chi connectivity index (χ1v) is 8.93. The summed E-state index contributed by atoms with van der Waals surface area (Å²) in [5.41, 5.74) is 6.56. The molecule has 2 rings (SSSR count). The zero-order valence-corrected chi connectivity index (χ0v) is 13.7. The van der Waals surface area contributed by atoms with Crippen LogP contribution in [-0.2, 0) is 16.4 Å². The normalized spacial score (nSPS) is 11.5. The second kappa shape index (κ2) is 6.13. The Morgan fingerprint density at radius 2 is 2.00 bits per heavy atom. The van der Waals surface area contributed by atoms with Crippen molar-refractivity contribution in [1.82, 2.24) is 0 Å². The molecule has 1 heterocycles. The van der Waals surface area contributed by atoms with Gasteiger partial charge in [-0.1, -0.05) is 6.07 Å². The highest BCUT2D eigenvalue weighted by Crippen LogP contribution is 2.26. The van der Waals surface area contributed by atoms with E-state index in [1.807, 2.05) is 12.1 Å². The molecule has 0 amide bonds. The number of nitrogen functional groups attached to an aromatic ring is 1. The number of anilines is 2. The van der Waals surface area contributed by atoms with E-state index in [1.54, 1.807) is 23.5 Å². The van der Waals surface area contributed by atoms with E-state index in [-0.39, 0.29) is 10.6 Å². The van der Waals surface area contributed by atoms with Crippen LogP contribution in [0, 0.1) is 0 Å². The van der Waals surface area contributed by atoms with Crippen LogP contribution in [0.15, 0.2) is 39.0 Å². The summed E-state index contributed by atoms with van der Waals surface area (Å²) in [4.78, 5) is 1.17. The lowest BCUT2D eigenvalue weighted by Gasteiger charge is -2.11. The van der Waals surface area contributed by atoms with E-state index >= 15 is 0 Å². The molecule has 0 radical (unpaired) electrons. The second-order valence-corrected chi connectivity index (χ2v) is 8.22. The molecular formula is C12H14BrN3O2S2. The molecule has 0 spiro atoms. The maximum Gasteiger partial charge on any atom is 0.240 e. The minimum absolute atomic E-state index is 0.0543. The summed E-state index contributed by atoms with van der Waals surface area (Å²) >= 11 is 5.07. The molecule has 2 aromatic rings. The topological polar surface area (TPSA) is 98.2 Å². The lowest BCUT2D eigenvalue weighted by Crippen LogP contribution is -2.16. The van der Waals surface area contributed by atoms with Crippen molar-refractivity contribution in [2.45, 2.75) is 11.3 Å². The second-order valence-electron chi connectivity index (χ2n) is 4.14. The summed E-state index contributed by atoms with van der Waals surface area (Å²) in [5, 5.41) is 8.24. The van der Waals surface area contributed by atoms with Crippen molar-refractivity contribution in [3.63, 3.8) is 0 Å². The first kappa shape index (κ1) is 15.3. The van der Waals surface area contributed by atoms with E-state index in [9.17, 15) is 8.42 Å².